The molecule has 0 bridgehead atoms. The molecule has 0 fully saturated rings. The van der Waals surface area contributed by atoms with Gasteiger partial charge in [-0.05, 0) is 29.7 Å². The molecule has 2 rings (SSSR count). The van der Waals surface area contributed by atoms with Crippen molar-refractivity contribution in [3.63, 3.8) is 0 Å². The van der Waals surface area contributed by atoms with Crippen LogP contribution < -0.4 is 0 Å². The highest BCUT2D eigenvalue weighted by Crippen LogP contribution is 2.43. The Morgan fingerprint density at radius 1 is 1.45 bits per heavy atom. The smallest absolute Gasteiger partial charge is 0.0781 e. The summed E-state index contributed by atoms with van der Waals surface area (Å²) in [5, 5.41) is 3.65. The Balaban J connectivity index is 2.11. The SMILES string of the molecule is CC1=CC[C](c2cccs2)S1. The highest BCUT2D eigenvalue weighted by molar-refractivity contribution is 8.06. The van der Waals surface area contributed by atoms with E-state index in [1.54, 1.807) is 0 Å². The van der Waals surface area contributed by atoms with Crippen molar-refractivity contribution in [3.8, 4) is 0 Å². The van der Waals surface area contributed by atoms with Crippen molar-refractivity contribution in [2.24, 2.45) is 0 Å². The molecule has 0 unspecified atom stereocenters. The lowest BCUT2D eigenvalue weighted by molar-refractivity contribution is 1.25. The standard InChI is InChI=1S/C9H9S2/c1-7-4-5-9(11-7)8-3-2-6-10-8/h2-4,6H,5H2,1H3. The van der Waals surface area contributed by atoms with Crippen LogP contribution in [0.3, 0.4) is 0 Å². The molecular weight excluding hydrogens is 172 g/mol. The summed E-state index contributed by atoms with van der Waals surface area (Å²) in [5.74, 6) is 0. The van der Waals surface area contributed by atoms with E-state index in [9.17, 15) is 0 Å². The molecule has 0 N–H and O–H groups in total. The first kappa shape index (κ1) is 7.44. The Morgan fingerprint density at radius 2 is 2.36 bits per heavy atom. The van der Waals surface area contributed by atoms with Crippen molar-refractivity contribution in [3.05, 3.63) is 38.6 Å². The number of rotatable bonds is 1. The van der Waals surface area contributed by atoms with E-state index in [-0.39, 0.29) is 0 Å². The van der Waals surface area contributed by atoms with Gasteiger partial charge in [-0.25, -0.2) is 0 Å². The minimum atomic E-state index is 1.14. The summed E-state index contributed by atoms with van der Waals surface area (Å²) < 4.78 is 0. The van der Waals surface area contributed by atoms with Crippen molar-refractivity contribution >= 4 is 23.1 Å². The molecule has 0 atom stereocenters. The van der Waals surface area contributed by atoms with Gasteiger partial charge in [0.1, 0.15) is 0 Å². The zero-order valence-corrected chi connectivity index (χ0v) is 7.97. The molecule has 1 aromatic rings. The maximum absolute atomic E-state index is 2.29. The van der Waals surface area contributed by atoms with E-state index in [0.717, 1.165) is 6.42 Å². The molecule has 0 saturated carbocycles. The molecule has 0 nitrogen and oxygen atoms in total. The van der Waals surface area contributed by atoms with E-state index in [4.69, 9.17) is 0 Å². The van der Waals surface area contributed by atoms with Crippen LogP contribution in [0, 0.1) is 5.25 Å². The molecule has 1 aliphatic heterocycles. The minimum absolute atomic E-state index is 1.14. The van der Waals surface area contributed by atoms with Gasteiger partial charge in [-0.15, -0.1) is 23.1 Å². The lowest BCUT2D eigenvalue weighted by Crippen LogP contribution is -1.82. The third-order valence-corrected chi connectivity index (χ3v) is 3.84. The zero-order chi connectivity index (χ0) is 7.68. The van der Waals surface area contributed by atoms with E-state index in [1.165, 1.54) is 15.0 Å². The van der Waals surface area contributed by atoms with Crippen LogP contribution in [0.1, 0.15) is 18.2 Å². The van der Waals surface area contributed by atoms with Crippen molar-refractivity contribution in [2.75, 3.05) is 0 Å². The molecule has 57 valence electrons. The molecular formula is C9H9S2. The zero-order valence-electron chi connectivity index (χ0n) is 6.33. The van der Waals surface area contributed by atoms with Gasteiger partial charge in [-0.1, -0.05) is 12.1 Å². The molecule has 0 aromatic carbocycles. The van der Waals surface area contributed by atoms with E-state index in [0.29, 0.717) is 0 Å². The van der Waals surface area contributed by atoms with Crippen LogP contribution in [0.4, 0.5) is 0 Å². The number of thioether (sulfide) groups is 1. The van der Waals surface area contributed by atoms with Gasteiger partial charge in [0.15, 0.2) is 0 Å². The molecule has 11 heavy (non-hydrogen) atoms. The van der Waals surface area contributed by atoms with Gasteiger partial charge in [0.05, 0.1) is 5.25 Å². The Morgan fingerprint density at radius 3 is 2.91 bits per heavy atom. The average molecular weight is 181 g/mol. The van der Waals surface area contributed by atoms with Gasteiger partial charge in [-0.3, -0.25) is 0 Å². The van der Waals surface area contributed by atoms with Gasteiger partial charge >= 0.3 is 0 Å². The summed E-state index contributed by atoms with van der Waals surface area (Å²) in [4.78, 5) is 2.87. The van der Waals surface area contributed by atoms with E-state index in [2.05, 4.69) is 30.5 Å². The number of thiophene rings is 1. The highest BCUT2D eigenvalue weighted by Gasteiger charge is 2.18. The summed E-state index contributed by atoms with van der Waals surface area (Å²) in [6.07, 6.45) is 3.43. The van der Waals surface area contributed by atoms with Crippen LogP contribution in [0.5, 0.6) is 0 Å². The predicted molar refractivity (Wildman–Crippen MR) is 52.6 cm³/mol. The molecule has 0 aliphatic carbocycles. The predicted octanol–water partition coefficient (Wildman–Crippen LogP) is 3.67. The van der Waals surface area contributed by atoms with Crippen LogP contribution in [-0.2, 0) is 0 Å². The Bertz CT molecular complexity index is 259. The molecule has 0 saturated heterocycles. The lowest BCUT2D eigenvalue weighted by atomic mass is 10.2. The molecule has 1 aliphatic rings. The molecule has 0 spiro atoms. The Labute approximate surface area is 75.3 Å². The van der Waals surface area contributed by atoms with Crippen LogP contribution in [0.2, 0.25) is 0 Å². The quantitative estimate of drug-likeness (QED) is 0.637. The van der Waals surface area contributed by atoms with Gasteiger partial charge in [0, 0.05) is 4.88 Å². The largest absolute Gasteiger partial charge is 0.147 e. The first-order valence-electron chi connectivity index (χ1n) is 3.60. The first-order chi connectivity index (χ1) is 5.36. The van der Waals surface area contributed by atoms with Crippen LogP contribution in [0.25, 0.3) is 0 Å². The summed E-state index contributed by atoms with van der Waals surface area (Å²) in [6, 6.07) is 4.31. The molecule has 2 heteroatoms. The van der Waals surface area contributed by atoms with Gasteiger partial charge in [-0.2, -0.15) is 0 Å². The third-order valence-electron chi connectivity index (χ3n) is 1.66. The van der Waals surface area contributed by atoms with Crippen LogP contribution >= 0.6 is 23.1 Å². The van der Waals surface area contributed by atoms with Gasteiger partial charge in [0.2, 0.25) is 0 Å². The summed E-state index contributed by atoms with van der Waals surface area (Å²) >= 11 is 3.74. The second-order valence-corrected chi connectivity index (χ2v) is 4.81. The molecule has 2 heterocycles. The summed E-state index contributed by atoms with van der Waals surface area (Å²) in [7, 11) is 0. The maximum Gasteiger partial charge on any atom is 0.0781 e. The average Bonchev–Trinajstić information content (AvgIpc) is 2.55. The number of hydrogen-bond acceptors (Lipinski definition) is 2. The van der Waals surface area contributed by atoms with Gasteiger partial charge in [0.25, 0.3) is 0 Å². The topological polar surface area (TPSA) is 0 Å². The van der Waals surface area contributed by atoms with Crippen LogP contribution in [-0.4, -0.2) is 0 Å². The van der Waals surface area contributed by atoms with E-state index >= 15 is 0 Å². The Hall–Kier alpha value is -0.210. The maximum atomic E-state index is 2.29. The monoisotopic (exact) mass is 181 g/mol. The third kappa shape index (κ3) is 1.52. The minimum Gasteiger partial charge on any atom is -0.147 e. The molecule has 0 amide bonds. The second-order valence-electron chi connectivity index (χ2n) is 2.52. The van der Waals surface area contributed by atoms with E-state index in [1.807, 2.05) is 23.1 Å². The summed E-state index contributed by atoms with van der Waals surface area (Å²) in [5.41, 5.74) is 0. The highest BCUT2D eigenvalue weighted by atomic mass is 32.2. The summed E-state index contributed by atoms with van der Waals surface area (Å²) in [6.45, 7) is 2.17. The second kappa shape index (κ2) is 3.03. The van der Waals surface area contributed by atoms with Crippen molar-refractivity contribution in [1.82, 2.24) is 0 Å². The normalized spacial score (nSPS) is 18.8. The number of hydrogen-bond donors (Lipinski definition) is 0. The fourth-order valence-electron chi connectivity index (χ4n) is 1.10. The fourth-order valence-corrected chi connectivity index (χ4v) is 2.94. The fraction of sp³-hybridized carbons (Fsp3) is 0.222. The molecule has 1 radical (unpaired) electrons. The first-order valence-corrected chi connectivity index (χ1v) is 5.30. The lowest BCUT2D eigenvalue weighted by Gasteiger charge is -2.03. The van der Waals surface area contributed by atoms with E-state index < -0.39 is 0 Å². The van der Waals surface area contributed by atoms with Crippen molar-refractivity contribution < 1.29 is 0 Å². The Kier molecular flexibility index (Phi) is 2.05. The van der Waals surface area contributed by atoms with Crippen LogP contribution in [0.15, 0.2) is 28.5 Å². The molecule has 1 aromatic heterocycles. The van der Waals surface area contributed by atoms with Gasteiger partial charge < -0.3 is 0 Å². The number of allylic oxidation sites excluding steroid dienone is 2. The van der Waals surface area contributed by atoms with Crippen molar-refractivity contribution in [2.45, 2.75) is 13.3 Å². The van der Waals surface area contributed by atoms with Crippen molar-refractivity contribution in [1.29, 1.82) is 0 Å².